The molecule has 4 heteroatoms. The van der Waals surface area contributed by atoms with Crippen LogP contribution in [0.5, 0.6) is 0 Å². The van der Waals surface area contributed by atoms with Gasteiger partial charge in [-0.2, -0.15) is 0 Å². The predicted octanol–water partition coefficient (Wildman–Crippen LogP) is 3.86. The molecule has 1 heterocycles. The average Bonchev–Trinajstić information content (AvgIpc) is 2.97. The van der Waals surface area contributed by atoms with Gasteiger partial charge in [0.15, 0.2) is 0 Å². The van der Waals surface area contributed by atoms with E-state index in [1.54, 1.807) is 0 Å². The van der Waals surface area contributed by atoms with Gasteiger partial charge in [0.1, 0.15) is 0 Å². The van der Waals surface area contributed by atoms with Crippen LogP contribution in [-0.2, 0) is 6.54 Å². The molecule has 0 spiro atoms. The maximum absolute atomic E-state index is 12.1. The maximum Gasteiger partial charge on any atom is 0.251 e. The van der Waals surface area contributed by atoms with Crippen molar-refractivity contribution in [3.8, 4) is 0 Å². The van der Waals surface area contributed by atoms with E-state index in [1.165, 1.54) is 0 Å². The number of carbonyl (C=O) groups excluding carboxylic acids is 1. The van der Waals surface area contributed by atoms with E-state index < -0.39 is 0 Å². The number of benzene rings is 2. The van der Waals surface area contributed by atoms with Gasteiger partial charge in [0.05, 0.1) is 0 Å². The van der Waals surface area contributed by atoms with Crippen molar-refractivity contribution in [2.75, 3.05) is 0 Å². The summed E-state index contributed by atoms with van der Waals surface area (Å²) in [7, 11) is 0. The van der Waals surface area contributed by atoms with Crippen LogP contribution in [-0.4, -0.2) is 10.9 Å². The fourth-order valence-corrected chi connectivity index (χ4v) is 2.49. The number of carbonyl (C=O) groups is 1. The molecule has 0 radical (unpaired) electrons. The maximum atomic E-state index is 12.1. The summed E-state index contributed by atoms with van der Waals surface area (Å²) in [6, 6.07) is 13.7. The molecule has 1 aromatic heterocycles. The number of hydrogen-bond donors (Lipinski definition) is 2. The van der Waals surface area contributed by atoms with Crippen LogP contribution < -0.4 is 5.32 Å². The largest absolute Gasteiger partial charge is 0.367 e. The molecule has 100 valence electrons. The fraction of sp³-hybridized carbons (Fsp3) is 0.0625. The first-order valence-electron chi connectivity index (χ1n) is 6.31. The summed E-state index contributed by atoms with van der Waals surface area (Å²) in [5.41, 5.74) is 1.73. The van der Waals surface area contributed by atoms with Gasteiger partial charge in [0.2, 0.25) is 0 Å². The molecule has 0 bridgehead atoms. The number of amides is 1. The highest BCUT2D eigenvalue weighted by molar-refractivity contribution is 9.10. The summed E-state index contributed by atoms with van der Waals surface area (Å²) in [5.74, 6) is -0.0592. The lowest BCUT2D eigenvalue weighted by molar-refractivity contribution is 0.0951. The molecule has 3 aromatic rings. The number of nitrogens with one attached hydrogen (secondary N) is 2. The van der Waals surface area contributed by atoms with Crippen LogP contribution in [0.25, 0.3) is 10.8 Å². The van der Waals surface area contributed by atoms with Crippen LogP contribution in [0, 0.1) is 0 Å². The van der Waals surface area contributed by atoms with Crippen LogP contribution in [0.15, 0.2) is 59.3 Å². The third-order valence-electron chi connectivity index (χ3n) is 3.18. The third-order valence-corrected chi connectivity index (χ3v) is 3.67. The Morgan fingerprint density at radius 3 is 2.70 bits per heavy atom. The van der Waals surface area contributed by atoms with Gasteiger partial charge >= 0.3 is 0 Å². The summed E-state index contributed by atoms with van der Waals surface area (Å²) in [4.78, 5) is 15.1. The SMILES string of the molecule is O=C(NCc1cc[nH]c1)c1ccc2cc(Br)ccc2c1. The number of H-pyrrole nitrogens is 1. The molecule has 1 amide bonds. The van der Waals surface area contributed by atoms with Crippen molar-refractivity contribution in [3.63, 3.8) is 0 Å². The van der Waals surface area contributed by atoms with Gasteiger partial charge in [-0.05, 0) is 46.7 Å². The summed E-state index contributed by atoms with van der Waals surface area (Å²) in [6.45, 7) is 0.528. The van der Waals surface area contributed by atoms with Crippen LogP contribution in [0.3, 0.4) is 0 Å². The van der Waals surface area contributed by atoms with Crippen LogP contribution in [0.2, 0.25) is 0 Å². The highest BCUT2D eigenvalue weighted by Crippen LogP contribution is 2.21. The highest BCUT2D eigenvalue weighted by atomic mass is 79.9. The first-order chi connectivity index (χ1) is 9.72. The lowest BCUT2D eigenvalue weighted by atomic mass is 10.1. The Morgan fingerprint density at radius 2 is 1.90 bits per heavy atom. The number of rotatable bonds is 3. The topological polar surface area (TPSA) is 44.9 Å². The Bertz CT molecular complexity index is 750. The molecule has 3 nitrogen and oxygen atoms in total. The molecule has 0 aliphatic heterocycles. The van der Waals surface area contributed by atoms with E-state index in [-0.39, 0.29) is 5.91 Å². The number of aromatic amines is 1. The highest BCUT2D eigenvalue weighted by Gasteiger charge is 2.06. The molecular weight excluding hydrogens is 316 g/mol. The third kappa shape index (κ3) is 2.75. The zero-order chi connectivity index (χ0) is 13.9. The van der Waals surface area contributed by atoms with Gasteiger partial charge in [-0.3, -0.25) is 4.79 Å². The second kappa shape index (κ2) is 5.51. The van der Waals surface area contributed by atoms with Crippen molar-refractivity contribution in [2.45, 2.75) is 6.54 Å². The van der Waals surface area contributed by atoms with Crippen molar-refractivity contribution in [1.82, 2.24) is 10.3 Å². The van der Waals surface area contributed by atoms with Crippen LogP contribution in [0.4, 0.5) is 0 Å². The van der Waals surface area contributed by atoms with Gasteiger partial charge in [-0.1, -0.05) is 28.1 Å². The van der Waals surface area contributed by atoms with E-state index in [1.807, 2.05) is 54.9 Å². The van der Waals surface area contributed by atoms with Gasteiger partial charge in [-0.25, -0.2) is 0 Å². The fourth-order valence-electron chi connectivity index (χ4n) is 2.11. The minimum Gasteiger partial charge on any atom is -0.367 e. The summed E-state index contributed by atoms with van der Waals surface area (Å²) in [6.07, 6.45) is 3.72. The molecule has 0 saturated carbocycles. The zero-order valence-electron chi connectivity index (χ0n) is 10.7. The average molecular weight is 329 g/mol. The van der Waals surface area contributed by atoms with E-state index in [4.69, 9.17) is 0 Å². The number of halogens is 1. The lowest BCUT2D eigenvalue weighted by Gasteiger charge is -2.06. The summed E-state index contributed by atoms with van der Waals surface area (Å²) in [5, 5.41) is 5.08. The van der Waals surface area contributed by atoms with Crippen molar-refractivity contribution in [1.29, 1.82) is 0 Å². The van der Waals surface area contributed by atoms with Gasteiger partial charge in [0, 0.05) is 29.0 Å². The first kappa shape index (κ1) is 12.9. The molecule has 2 N–H and O–H groups in total. The Kier molecular flexibility index (Phi) is 3.56. The minimum atomic E-state index is -0.0592. The van der Waals surface area contributed by atoms with Gasteiger partial charge in [0.25, 0.3) is 5.91 Å². The molecule has 0 fully saturated rings. The van der Waals surface area contributed by atoms with E-state index in [0.29, 0.717) is 12.1 Å². The predicted molar refractivity (Wildman–Crippen MR) is 83.6 cm³/mol. The van der Waals surface area contributed by atoms with Crippen LogP contribution >= 0.6 is 15.9 Å². The molecular formula is C16H13BrN2O. The van der Waals surface area contributed by atoms with Crippen molar-refractivity contribution in [2.24, 2.45) is 0 Å². The molecule has 0 aliphatic rings. The Labute approximate surface area is 125 Å². The van der Waals surface area contributed by atoms with Crippen molar-refractivity contribution < 1.29 is 4.79 Å². The van der Waals surface area contributed by atoms with Gasteiger partial charge < -0.3 is 10.3 Å². The summed E-state index contributed by atoms with van der Waals surface area (Å²) < 4.78 is 1.04. The van der Waals surface area contributed by atoms with E-state index in [2.05, 4.69) is 26.2 Å². The smallest absolute Gasteiger partial charge is 0.251 e. The molecule has 0 atom stereocenters. The van der Waals surface area contributed by atoms with E-state index >= 15 is 0 Å². The molecule has 2 aromatic carbocycles. The molecule has 0 aliphatic carbocycles. The van der Waals surface area contributed by atoms with E-state index in [9.17, 15) is 4.79 Å². The summed E-state index contributed by atoms with van der Waals surface area (Å²) >= 11 is 3.44. The Balaban J connectivity index is 1.79. The first-order valence-corrected chi connectivity index (χ1v) is 7.11. The molecule has 20 heavy (non-hydrogen) atoms. The number of aromatic nitrogens is 1. The zero-order valence-corrected chi connectivity index (χ0v) is 12.3. The normalized spacial score (nSPS) is 10.7. The Morgan fingerprint density at radius 1 is 1.10 bits per heavy atom. The van der Waals surface area contributed by atoms with Gasteiger partial charge in [-0.15, -0.1) is 0 Å². The quantitative estimate of drug-likeness (QED) is 0.753. The molecule has 3 rings (SSSR count). The van der Waals surface area contributed by atoms with E-state index in [0.717, 1.165) is 20.8 Å². The molecule has 0 unspecified atom stereocenters. The number of hydrogen-bond acceptors (Lipinski definition) is 1. The standard InChI is InChI=1S/C16H13BrN2O/c17-15-4-3-12-7-14(2-1-13(12)8-15)16(20)19-10-11-5-6-18-9-11/h1-9,18H,10H2,(H,19,20). The van der Waals surface area contributed by atoms with Crippen LogP contribution in [0.1, 0.15) is 15.9 Å². The Hall–Kier alpha value is -2.07. The minimum absolute atomic E-state index is 0.0592. The van der Waals surface area contributed by atoms with Crippen molar-refractivity contribution in [3.05, 3.63) is 70.5 Å². The second-order valence-electron chi connectivity index (χ2n) is 4.61. The monoisotopic (exact) mass is 328 g/mol. The molecule has 0 saturated heterocycles. The van der Waals surface area contributed by atoms with Crippen molar-refractivity contribution >= 4 is 32.6 Å². The second-order valence-corrected chi connectivity index (χ2v) is 5.52. The lowest BCUT2D eigenvalue weighted by Crippen LogP contribution is -2.22. The number of fused-ring (bicyclic) bond motifs is 1.